The first-order chi connectivity index (χ1) is 14.8. The van der Waals surface area contributed by atoms with Gasteiger partial charge < -0.3 is 43.0 Å². The Morgan fingerprint density at radius 1 is 0.516 bits per heavy atom. The summed E-state index contributed by atoms with van der Waals surface area (Å²) in [6.45, 7) is 0. The van der Waals surface area contributed by atoms with E-state index in [0.717, 1.165) is 0 Å². The number of benzene rings is 2. The zero-order valence-electron chi connectivity index (χ0n) is 18.9. The zero-order valence-corrected chi connectivity index (χ0v) is 18.9. The first kappa shape index (κ1) is 24.0. The molecule has 0 saturated carbocycles. The molecule has 2 aromatic carbocycles. The van der Waals surface area contributed by atoms with Gasteiger partial charge in [0.25, 0.3) is 0 Å². The van der Waals surface area contributed by atoms with Crippen LogP contribution < -0.4 is 43.6 Å². The van der Waals surface area contributed by atoms with Gasteiger partial charge >= 0.3 is 0 Å². The zero-order chi connectivity index (χ0) is 23.3. The molecule has 3 N–H and O–H groups in total. The Morgan fingerprint density at radius 3 is 1.03 bits per heavy atom. The molecule has 0 saturated heterocycles. The third-order valence-corrected chi connectivity index (χ3v) is 4.80. The minimum atomic E-state index is -2.17. The first-order valence-electron chi connectivity index (χ1n) is 9.07. The quantitative estimate of drug-likeness (QED) is 0.531. The van der Waals surface area contributed by atoms with Gasteiger partial charge in [0.1, 0.15) is 0 Å². The molecule has 0 fully saturated rings. The van der Waals surface area contributed by atoms with Crippen LogP contribution in [0, 0.1) is 0 Å². The highest BCUT2D eigenvalue weighted by Crippen LogP contribution is 2.53. The van der Waals surface area contributed by atoms with Crippen molar-refractivity contribution in [3.05, 3.63) is 23.3 Å². The van der Waals surface area contributed by atoms with Gasteiger partial charge in [-0.15, -0.1) is 0 Å². The summed E-state index contributed by atoms with van der Waals surface area (Å²) in [7, 11) is 11.5. The maximum absolute atomic E-state index is 11.6. The van der Waals surface area contributed by atoms with Crippen molar-refractivity contribution in [3.8, 4) is 46.0 Å². The van der Waals surface area contributed by atoms with Crippen molar-refractivity contribution in [1.82, 2.24) is 0 Å². The summed E-state index contributed by atoms with van der Waals surface area (Å²) in [5.74, 6) is 1.75. The number of methoxy groups -OCH3 is 8. The van der Waals surface area contributed by atoms with Crippen molar-refractivity contribution in [1.29, 1.82) is 0 Å². The summed E-state index contributed by atoms with van der Waals surface area (Å²) in [6, 6.07) is 2.98. The normalized spacial score (nSPS) is 10.9. The molecule has 10 heteroatoms. The standard InChI is InChI=1S/C21H29NO9/c1-24-13-9-11(15(26-3)19(30-7)17(13)28-5)21(22,23)12-10-14(25-2)18(29-6)20(31-8)16(12)27-4/h9-10,23H,22H2,1-8H3. The molecule has 0 aliphatic rings. The van der Waals surface area contributed by atoms with Gasteiger partial charge in [0, 0.05) is 0 Å². The maximum Gasteiger partial charge on any atom is 0.207 e. The predicted octanol–water partition coefficient (Wildman–Crippen LogP) is 1.91. The Morgan fingerprint density at radius 2 is 0.806 bits per heavy atom. The molecule has 0 radical (unpaired) electrons. The second kappa shape index (κ2) is 9.71. The molecule has 0 spiro atoms. The van der Waals surface area contributed by atoms with E-state index in [1.54, 1.807) is 0 Å². The van der Waals surface area contributed by atoms with E-state index in [1.165, 1.54) is 69.0 Å². The number of nitrogens with two attached hydrogens (primary N) is 1. The van der Waals surface area contributed by atoms with E-state index in [4.69, 9.17) is 43.6 Å². The Bertz CT molecular complexity index is 855. The highest BCUT2D eigenvalue weighted by Gasteiger charge is 2.39. The molecule has 0 atom stereocenters. The number of ether oxygens (including phenoxy) is 8. The van der Waals surface area contributed by atoms with Gasteiger partial charge in [-0.3, -0.25) is 5.73 Å². The summed E-state index contributed by atoms with van der Waals surface area (Å²) < 4.78 is 43.5. The maximum atomic E-state index is 11.6. The van der Waals surface area contributed by atoms with Gasteiger partial charge in [0.15, 0.2) is 28.7 Å². The van der Waals surface area contributed by atoms with Crippen LogP contribution in [0.2, 0.25) is 0 Å². The lowest BCUT2D eigenvalue weighted by molar-refractivity contribution is 0.0803. The summed E-state index contributed by atoms with van der Waals surface area (Å²) in [4.78, 5) is 0. The molecule has 0 aliphatic carbocycles. The molecule has 31 heavy (non-hydrogen) atoms. The van der Waals surface area contributed by atoms with Crippen LogP contribution in [0.4, 0.5) is 0 Å². The van der Waals surface area contributed by atoms with Crippen LogP contribution >= 0.6 is 0 Å². The molecule has 0 heterocycles. The van der Waals surface area contributed by atoms with E-state index in [1.807, 2.05) is 0 Å². The van der Waals surface area contributed by atoms with Gasteiger partial charge in [-0.25, -0.2) is 0 Å². The predicted molar refractivity (Wildman–Crippen MR) is 112 cm³/mol. The molecule has 0 amide bonds. The van der Waals surface area contributed by atoms with E-state index in [-0.39, 0.29) is 57.1 Å². The van der Waals surface area contributed by atoms with Crippen LogP contribution in [0.5, 0.6) is 46.0 Å². The Kier molecular flexibility index (Phi) is 7.53. The van der Waals surface area contributed by atoms with Crippen molar-refractivity contribution in [2.24, 2.45) is 5.73 Å². The summed E-state index contributed by atoms with van der Waals surface area (Å²) in [5, 5.41) is 11.6. The van der Waals surface area contributed by atoms with Gasteiger partial charge in [-0.1, -0.05) is 0 Å². The van der Waals surface area contributed by atoms with Crippen molar-refractivity contribution in [2.45, 2.75) is 5.72 Å². The molecule has 0 aromatic heterocycles. The number of aliphatic hydroxyl groups is 1. The molecule has 2 aromatic rings. The Balaban J connectivity index is 2.96. The lowest BCUT2D eigenvalue weighted by Gasteiger charge is -2.30. The number of hydrogen-bond donors (Lipinski definition) is 2. The average molecular weight is 439 g/mol. The van der Waals surface area contributed by atoms with Crippen molar-refractivity contribution in [3.63, 3.8) is 0 Å². The van der Waals surface area contributed by atoms with Crippen LogP contribution in [0.1, 0.15) is 11.1 Å². The van der Waals surface area contributed by atoms with Gasteiger partial charge in [-0.05, 0) is 12.1 Å². The fourth-order valence-corrected chi connectivity index (χ4v) is 3.38. The minimum Gasteiger partial charge on any atom is -0.493 e. The van der Waals surface area contributed by atoms with Crippen LogP contribution in [0.3, 0.4) is 0 Å². The molecule has 0 bridgehead atoms. The topological polar surface area (TPSA) is 120 Å². The second-order valence-electron chi connectivity index (χ2n) is 6.22. The van der Waals surface area contributed by atoms with E-state index < -0.39 is 5.72 Å². The molecular formula is C21H29NO9. The van der Waals surface area contributed by atoms with Crippen molar-refractivity contribution >= 4 is 0 Å². The highest BCUT2D eigenvalue weighted by molar-refractivity contribution is 5.69. The third-order valence-electron chi connectivity index (χ3n) is 4.80. The largest absolute Gasteiger partial charge is 0.493 e. The fraction of sp³-hybridized carbons (Fsp3) is 0.429. The van der Waals surface area contributed by atoms with Gasteiger partial charge in [-0.2, -0.15) is 0 Å². The van der Waals surface area contributed by atoms with Crippen LogP contribution in [0.25, 0.3) is 0 Å². The van der Waals surface area contributed by atoms with Crippen molar-refractivity contribution < 1.29 is 43.0 Å². The summed E-state index contributed by atoms with van der Waals surface area (Å²) in [6.07, 6.45) is 0. The Labute approximate surface area is 181 Å². The molecule has 2 rings (SSSR count). The van der Waals surface area contributed by atoms with Gasteiger partial charge in [0.2, 0.25) is 23.0 Å². The molecule has 0 aliphatic heterocycles. The van der Waals surface area contributed by atoms with Crippen LogP contribution in [-0.4, -0.2) is 62.0 Å². The first-order valence-corrected chi connectivity index (χ1v) is 9.07. The number of hydrogen-bond acceptors (Lipinski definition) is 10. The summed E-state index contributed by atoms with van der Waals surface area (Å²) >= 11 is 0. The van der Waals surface area contributed by atoms with E-state index >= 15 is 0 Å². The van der Waals surface area contributed by atoms with E-state index in [2.05, 4.69) is 0 Å². The van der Waals surface area contributed by atoms with E-state index in [0.29, 0.717) is 0 Å². The lowest BCUT2D eigenvalue weighted by Crippen LogP contribution is -2.38. The lowest BCUT2D eigenvalue weighted by atomic mass is 9.91. The monoisotopic (exact) mass is 439 g/mol. The van der Waals surface area contributed by atoms with E-state index in [9.17, 15) is 5.11 Å². The highest BCUT2D eigenvalue weighted by atomic mass is 16.6. The Hall–Kier alpha value is -3.24. The molecule has 10 nitrogen and oxygen atoms in total. The molecule has 172 valence electrons. The molecule has 0 unspecified atom stereocenters. The number of rotatable bonds is 10. The molecular weight excluding hydrogens is 410 g/mol. The fourth-order valence-electron chi connectivity index (χ4n) is 3.38. The van der Waals surface area contributed by atoms with Crippen LogP contribution in [-0.2, 0) is 5.72 Å². The smallest absolute Gasteiger partial charge is 0.207 e. The van der Waals surface area contributed by atoms with Crippen molar-refractivity contribution in [2.75, 3.05) is 56.9 Å². The van der Waals surface area contributed by atoms with Gasteiger partial charge in [0.05, 0.1) is 68.0 Å². The second-order valence-corrected chi connectivity index (χ2v) is 6.22. The summed E-state index contributed by atoms with van der Waals surface area (Å²) in [5.41, 5.74) is 4.56. The average Bonchev–Trinajstić information content (AvgIpc) is 2.80. The third kappa shape index (κ3) is 3.91. The SMILES string of the molecule is COc1cc(C(N)(O)c2cc(OC)c(OC)c(OC)c2OC)c(OC)c(OC)c1OC. The minimum absolute atomic E-state index is 0.122. The van der Waals surface area contributed by atoms with Crippen LogP contribution in [0.15, 0.2) is 12.1 Å².